The number of anilines is 1. The number of hydrazone groups is 1. The molecule has 0 radical (unpaired) electrons. The number of amides is 3. The van der Waals surface area contributed by atoms with Crippen LogP contribution in [0.15, 0.2) is 93.8 Å². The third kappa shape index (κ3) is 5.92. The van der Waals surface area contributed by atoms with Crippen molar-refractivity contribution in [1.29, 1.82) is 0 Å². The number of allylic oxidation sites excluding steroid dienone is 1. The fourth-order valence-electron chi connectivity index (χ4n) is 7.11. The first kappa shape index (κ1) is 32.0. The van der Waals surface area contributed by atoms with Crippen molar-refractivity contribution in [2.24, 2.45) is 21.4 Å². The molecule has 252 valence electrons. The summed E-state index contributed by atoms with van der Waals surface area (Å²) in [5.41, 5.74) is 4.24. The predicted octanol–water partition coefficient (Wildman–Crippen LogP) is 5.61. The second-order valence-corrected chi connectivity index (χ2v) is 12.2. The van der Waals surface area contributed by atoms with Crippen molar-refractivity contribution in [3.05, 3.63) is 89.5 Å². The molecule has 2 fully saturated rings. The van der Waals surface area contributed by atoms with Gasteiger partial charge in [0.1, 0.15) is 23.8 Å². The monoisotopic (exact) mass is 662 g/mol. The minimum absolute atomic E-state index is 0.0340. The van der Waals surface area contributed by atoms with Gasteiger partial charge in [0.15, 0.2) is 12.1 Å². The molecule has 7 rings (SSSR count). The van der Waals surface area contributed by atoms with Crippen molar-refractivity contribution in [2.75, 3.05) is 31.8 Å². The average molecular weight is 663 g/mol. The minimum Gasteiger partial charge on any atom is -0.495 e. The molecule has 0 spiro atoms. The summed E-state index contributed by atoms with van der Waals surface area (Å²) in [6.45, 7) is 4.76. The number of carbonyl (C=O) groups excluding carboxylic acids is 3. The summed E-state index contributed by atoms with van der Waals surface area (Å²) in [6.07, 6.45) is 4.77. The van der Waals surface area contributed by atoms with Crippen LogP contribution in [0.3, 0.4) is 0 Å². The summed E-state index contributed by atoms with van der Waals surface area (Å²) in [5.74, 6) is 0.530. The molecule has 3 aromatic rings. The summed E-state index contributed by atoms with van der Waals surface area (Å²) in [7, 11) is 1.48. The number of fused-ring (bicyclic) bond motifs is 2. The van der Waals surface area contributed by atoms with E-state index < -0.39 is 23.9 Å². The van der Waals surface area contributed by atoms with E-state index in [2.05, 4.69) is 16.4 Å². The topological polar surface area (TPSA) is 126 Å². The standard InChI is InChI=1S/C37H38N6O6/c1-4-48-26-17-13-23(14-18-26)21-25-9-8-10-28-32(25)39-43(34(28)24-15-19-27(20-16-24)49-5-2)31(44)22-41-35-33(38-40-41)36(45)42(37(35)46)29-11-6-7-12-30(29)47-3/h6-7,11-21,28,33-35H,4-5,8-10,22H2,1-3H3/b25-21+/t28-,33-,34+,35+/m0/s1. The maximum Gasteiger partial charge on any atom is 0.264 e. The third-order valence-corrected chi connectivity index (χ3v) is 9.30. The Morgan fingerprint density at radius 1 is 0.898 bits per heavy atom. The van der Waals surface area contributed by atoms with E-state index in [1.165, 1.54) is 17.1 Å². The number of rotatable bonds is 10. The van der Waals surface area contributed by atoms with Crippen molar-refractivity contribution in [1.82, 2.24) is 10.0 Å². The molecule has 3 aliphatic heterocycles. The van der Waals surface area contributed by atoms with Gasteiger partial charge in [0, 0.05) is 5.92 Å². The molecule has 0 unspecified atom stereocenters. The molecule has 12 heteroatoms. The molecule has 12 nitrogen and oxygen atoms in total. The van der Waals surface area contributed by atoms with Gasteiger partial charge in [-0.25, -0.2) is 9.91 Å². The zero-order valence-corrected chi connectivity index (χ0v) is 27.7. The van der Waals surface area contributed by atoms with Crippen LogP contribution in [0.2, 0.25) is 0 Å². The molecule has 3 heterocycles. The van der Waals surface area contributed by atoms with E-state index in [1.54, 1.807) is 24.3 Å². The molecule has 3 amide bonds. The van der Waals surface area contributed by atoms with Crippen LogP contribution < -0.4 is 19.1 Å². The van der Waals surface area contributed by atoms with Crippen LogP contribution in [0.1, 0.15) is 50.3 Å². The van der Waals surface area contributed by atoms with E-state index in [9.17, 15) is 14.4 Å². The van der Waals surface area contributed by atoms with Crippen LogP contribution in [0, 0.1) is 5.92 Å². The van der Waals surface area contributed by atoms with E-state index in [0.717, 1.165) is 58.1 Å². The second-order valence-electron chi connectivity index (χ2n) is 12.2. The lowest BCUT2D eigenvalue weighted by atomic mass is 9.77. The Balaban J connectivity index is 1.18. The second kappa shape index (κ2) is 13.5. The number of hydrogen-bond donors (Lipinski definition) is 0. The minimum atomic E-state index is -1.05. The molecule has 4 atom stereocenters. The number of imide groups is 1. The Labute approximate surface area is 284 Å². The summed E-state index contributed by atoms with van der Waals surface area (Å²) in [5, 5.41) is 16.1. The smallest absolute Gasteiger partial charge is 0.264 e. The first-order valence-corrected chi connectivity index (χ1v) is 16.7. The van der Waals surface area contributed by atoms with Gasteiger partial charge in [0.25, 0.3) is 17.7 Å². The maximum atomic E-state index is 14.3. The first-order chi connectivity index (χ1) is 23.9. The van der Waals surface area contributed by atoms with Gasteiger partial charge in [-0.2, -0.15) is 10.2 Å². The number of nitrogens with zero attached hydrogens (tertiary/aromatic N) is 6. The van der Waals surface area contributed by atoms with Gasteiger partial charge in [-0.15, -0.1) is 0 Å². The Hall–Kier alpha value is -5.52. The van der Waals surface area contributed by atoms with Crippen LogP contribution >= 0.6 is 0 Å². The van der Waals surface area contributed by atoms with Crippen LogP contribution in [-0.4, -0.2) is 72.4 Å². The van der Waals surface area contributed by atoms with E-state index in [1.807, 2.05) is 62.4 Å². The van der Waals surface area contributed by atoms with Crippen LogP contribution in [0.4, 0.5) is 5.69 Å². The number of methoxy groups -OCH3 is 1. The fraction of sp³-hybridized carbons (Fsp3) is 0.351. The number of ether oxygens (including phenoxy) is 3. The zero-order chi connectivity index (χ0) is 34.1. The van der Waals surface area contributed by atoms with Gasteiger partial charge in [-0.1, -0.05) is 41.6 Å². The predicted molar refractivity (Wildman–Crippen MR) is 182 cm³/mol. The van der Waals surface area contributed by atoms with E-state index in [0.29, 0.717) is 24.7 Å². The van der Waals surface area contributed by atoms with Crippen LogP contribution in [0.5, 0.6) is 17.2 Å². The molecule has 1 aliphatic carbocycles. The lowest BCUT2D eigenvalue weighted by Crippen LogP contribution is -2.45. The summed E-state index contributed by atoms with van der Waals surface area (Å²) in [6, 6.07) is 20.1. The Kier molecular flexibility index (Phi) is 8.85. The molecule has 0 N–H and O–H groups in total. The van der Waals surface area contributed by atoms with Crippen molar-refractivity contribution in [2.45, 2.75) is 51.2 Å². The SMILES string of the molecule is CCOc1ccc(/C=C2\CCC[C@H]3C2=NN(C(=O)CN2N=N[C@@H]4C(=O)N(c5ccccc5OC)C(=O)[C@@H]42)[C@@H]3c2ccc(OCC)cc2)cc1. The number of carbonyl (C=O) groups is 3. The van der Waals surface area contributed by atoms with Crippen LogP contribution in [-0.2, 0) is 14.4 Å². The highest BCUT2D eigenvalue weighted by atomic mass is 16.5. The average Bonchev–Trinajstić information content (AvgIpc) is 3.79. The summed E-state index contributed by atoms with van der Waals surface area (Å²) < 4.78 is 16.7. The maximum absolute atomic E-state index is 14.3. The van der Waals surface area contributed by atoms with Gasteiger partial charge in [-0.05, 0) is 92.3 Å². The number of benzene rings is 3. The van der Waals surface area contributed by atoms with E-state index in [4.69, 9.17) is 19.3 Å². The molecular weight excluding hydrogens is 624 g/mol. The molecule has 4 aliphatic rings. The number of para-hydroxylation sites is 2. The largest absolute Gasteiger partial charge is 0.495 e. The van der Waals surface area contributed by atoms with Crippen molar-refractivity contribution in [3.8, 4) is 17.2 Å². The van der Waals surface area contributed by atoms with Gasteiger partial charge in [0.05, 0.1) is 37.8 Å². The molecule has 0 bridgehead atoms. The fourth-order valence-corrected chi connectivity index (χ4v) is 7.11. The highest BCUT2D eigenvalue weighted by Gasteiger charge is 2.56. The summed E-state index contributed by atoms with van der Waals surface area (Å²) >= 11 is 0. The van der Waals surface area contributed by atoms with Gasteiger partial charge in [-0.3, -0.25) is 19.4 Å². The normalized spacial score (nSPS) is 23.5. The Morgan fingerprint density at radius 2 is 1.59 bits per heavy atom. The molecular formula is C37H38N6O6. The number of hydrogen-bond acceptors (Lipinski definition) is 10. The summed E-state index contributed by atoms with van der Waals surface area (Å²) in [4.78, 5) is 42.5. The van der Waals surface area contributed by atoms with Crippen molar-refractivity contribution >= 4 is 35.2 Å². The van der Waals surface area contributed by atoms with Crippen molar-refractivity contribution < 1.29 is 28.6 Å². The highest BCUT2D eigenvalue weighted by molar-refractivity contribution is 6.26. The lowest BCUT2D eigenvalue weighted by Gasteiger charge is -2.30. The Morgan fingerprint density at radius 3 is 2.29 bits per heavy atom. The molecule has 1 saturated heterocycles. The molecule has 0 aromatic heterocycles. The van der Waals surface area contributed by atoms with E-state index >= 15 is 0 Å². The molecule has 1 saturated carbocycles. The van der Waals surface area contributed by atoms with Crippen LogP contribution in [0.25, 0.3) is 6.08 Å². The Bertz CT molecular complexity index is 1840. The van der Waals surface area contributed by atoms with E-state index in [-0.39, 0.29) is 24.4 Å². The lowest BCUT2D eigenvalue weighted by molar-refractivity contribution is -0.136. The van der Waals surface area contributed by atoms with Gasteiger partial charge >= 0.3 is 0 Å². The first-order valence-electron chi connectivity index (χ1n) is 16.7. The van der Waals surface area contributed by atoms with Crippen molar-refractivity contribution in [3.63, 3.8) is 0 Å². The quantitative estimate of drug-likeness (QED) is 0.259. The zero-order valence-electron chi connectivity index (χ0n) is 27.7. The highest BCUT2D eigenvalue weighted by Crippen LogP contribution is 2.45. The third-order valence-electron chi connectivity index (χ3n) is 9.30. The van der Waals surface area contributed by atoms with Gasteiger partial charge < -0.3 is 14.2 Å². The molecule has 3 aromatic carbocycles. The van der Waals surface area contributed by atoms with Gasteiger partial charge in [0.2, 0.25) is 0 Å². The molecule has 49 heavy (non-hydrogen) atoms.